The van der Waals surface area contributed by atoms with Gasteiger partial charge in [0.15, 0.2) is 0 Å². The topological polar surface area (TPSA) is 64.8 Å². The van der Waals surface area contributed by atoms with Crippen LogP contribution in [0, 0.1) is 0 Å². The van der Waals surface area contributed by atoms with E-state index in [0.717, 1.165) is 0 Å². The van der Waals surface area contributed by atoms with E-state index in [2.05, 4.69) is 10.2 Å². The minimum atomic E-state index is -5.31. The summed E-state index contributed by atoms with van der Waals surface area (Å²) in [4.78, 5) is 0. The number of hydrogen-bond acceptors (Lipinski definition) is 4. The van der Waals surface area contributed by atoms with Crippen LogP contribution in [-0.2, 0) is 22.9 Å². The van der Waals surface area contributed by atoms with Crippen molar-refractivity contribution in [2.75, 3.05) is 0 Å². The van der Waals surface area contributed by atoms with Crippen LogP contribution in [0.25, 0.3) is 0 Å². The van der Waals surface area contributed by atoms with Crippen molar-refractivity contribution in [1.82, 2.24) is 14.8 Å². The van der Waals surface area contributed by atoms with Gasteiger partial charge in [0.05, 0.1) is 0 Å². The Hall–Kier alpha value is -1.19. The van der Waals surface area contributed by atoms with E-state index in [-0.39, 0.29) is 17.5 Å². The summed E-state index contributed by atoms with van der Waals surface area (Å²) in [7, 11) is -5.31. The largest absolute Gasteiger partial charge is 0.451 e. The maximum Gasteiger partial charge on any atom is 0.451 e. The van der Waals surface area contributed by atoms with Gasteiger partial charge in [0.25, 0.3) is 5.16 Å². The van der Waals surface area contributed by atoms with Gasteiger partial charge in [-0.2, -0.15) is 21.6 Å². The summed E-state index contributed by atoms with van der Waals surface area (Å²) in [5, 5.41) is 4.11. The predicted molar refractivity (Wildman–Crippen MR) is 48.2 cm³/mol. The third-order valence-electron chi connectivity index (χ3n) is 1.92. The van der Waals surface area contributed by atoms with E-state index >= 15 is 0 Å². The van der Waals surface area contributed by atoms with Gasteiger partial charge < -0.3 is 0 Å². The summed E-state index contributed by atoms with van der Waals surface area (Å²) in [6.07, 6.45) is -4.10. The van der Waals surface area contributed by atoms with E-state index < -0.39 is 27.4 Å². The van der Waals surface area contributed by atoms with E-state index in [1.54, 1.807) is 6.92 Å². The lowest BCUT2D eigenvalue weighted by molar-refractivity contribution is -0.147. The van der Waals surface area contributed by atoms with Crippen LogP contribution in [0.15, 0.2) is 5.16 Å². The van der Waals surface area contributed by atoms with Crippen LogP contribution >= 0.6 is 0 Å². The molecule has 0 aliphatic carbocycles. The molecule has 0 aliphatic rings. The van der Waals surface area contributed by atoms with Crippen LogP contribution in [0.2, 0.25) is 0 Å². The summed E-state index contributed by atoms with van der Waals surface area (Å²) in [6, 6.07) is 0. The van der Waals surface area contributed by atoms with Crippen molar-refractivity contribution < 1.29 is 25.5 Å². The molecule has 0 bridgehead atoms. The second kappa shape index (κ2) is 4.59. The normalized spacial score (nSPS) is 13.0. The van der Waals surface area contributed by atoms with E-state index in [4.69, 9.17) is 0 Å². The van der Waals surface area contributed by atoms with E-state index in [1.165, 1.54) is 0 Å². The molecule has 0 unspecified atom stereocenters. The van der Waals surface area contributed by atoms with Gasteiger partial charge >= 0.3 is 16.4 Å². The van der Waals surface area contributed by atoms with Crippen molar-refractivity contribution in [2.24, 2.45) is 0 Å². The lowest BCUT2D eigenvalue weighted by Crippen LogP contribution is -2.17. The highest BCUT2D eigenvalue weighted by Gasteiger charge is 2.40. The Balaban J connectivity index is 3.30. The Kier molecular flexibility index (Phi) is 3.74. The Labute approximate surface area is 94.7 Å². The molecule has 17 heavy (non-hydrogen) atoms. The molecule has 1 rings (SSSR count). The van der Waals surface area contributed by atoms with Crippen LogP contribution in [0.5, 0.6) is 0 Å². The lowest BCUT2D eigenvalue weighted by Gasteiger charge is -2.09. The number of alkyl halides is 3. The Morgan fingerprint density at radius 3 is 2.29 bits per heavy atom. The molecule has 1 aromatic heterocycles. The third kappa shape index (κ3) is 3.14. The number of hydrogen-bond donors (Lipinski definition) is 0. The monoisotopic (exact) mass is 275 g/mol. The molecule has 1 aromatic rings. The third-order valence-corrected chi connectivity index (χ3v) is 2.66. The molecule has 0 spiro atoms. The first kappa shape index (κ1) is 13.9. The number of nitrogens with zero attached hydrogens (tertiary/aromatic N) is 3. The molecule has 0 aliphatic heterocycles. The van der Waals surface area contributed by atoms with Gasteiger partial charge in [0.2, 0.25) is 5.82 Å². The van der Waals surface area contributed by atoms with Gasteiger partial charge in [-0.1, -0.05) is 17.2 Å². The maximum absolute atomic E-state index is 12.7. The number of halogens is 4. The van der Waals surface area contributed by atoms with Crippen molar-refractivity contribution in [3.05, 3.63) is 5.82 Å². The first-order valence-corrected chi connectivity index (χ1v) is 6.01. The zero-order valence-electron chi connectivity index (χ0n) is 8.70. The predicted octanol–water partition coefficient (Wildman–Crippen LogP) is 1.76. The molecular weight excluding hydrogens is 266 g/mol. The molecule has 0 amide bonds. The van der Waals surface area contributed by atoms with Crippen molar-refractivity contribution in [1.29, 1.82) is 0 Å². The van der Waals surface area contributed by atoms with Crippen LogP contribution in [0.1, 0.15) is 25.6 Å². The zero-order chi connectivity index (χ0) is 13.3. The van der Waals surface area contributed by atoms with Crippen LogP contribution in [0.3, 0.4) is 0 Å². The van der Waals surface area contributed by atoms with E-state index in [9.17, 15) is 25.5 Å². The van der Waals surface area contributed by atoms with Crippen molar-refractivity contribution in [3.63, 3.8) is 0 Å². The van der Waals surface area contributed by atoms with Gasteiger partial charge in [-0.15, -0.1) is 10.2 Å². The highest BCUT2D eigenvalue weighted by molar-refractivity contribution is 7.86. The highest BCUT2D eigenvalue weighted by Crippen LogP contribution is 2.29. The first-order valence-electron chi connectivity index (χ1n) is 4.63. The molecule has 0 N–H and O–H groups in total. The SMILES string of the molecule is CCCCn1c(C(F)(F)F)nnc1S(=O)(=O)F. The van der Waals surface area contributed by atoms with Crippen molar-refractivity contribution in [3.8, 4) is 0 Å². The second-order valence-electron chi connectivity index (χ2n) is 3.25. The zero-order valence-corrected chi connectivity index (χ0v) is 9.52. The smallest absolute Gasteiger partial charge is 0.292 e. The van der Waals surface area contributed by atoms with E-state index in [0.29, 0.717) is 6.42 Å². The average molecular weight is 275 g/mol. The standard InChI is InChI=1S/C7H9F4N3O2S/c1-2-3-4-14-5(7(8,9)10)12-13-6(14)17(11,15)16/h2-4H2,1H3. The minimum absolute atomic E-state index is 0.235. The molecule has 1 heterocycles. The summed E-state index contributed by atoms with van der Waals surface area (Å²) < 4.78 is 71.4. The molecule has 10 heteroatoms. The maximum atomic E-state index is 12.7. The van der Waals surface area contributed by atoms with Gasteiger partial charge in [-0.05, 0) is 6.42 Å². The fraction of sp³-hybridized carbons (Fsp3) is 0.714. The number of aromatic nitrogens is 3. The molecule has 98 valence electrons. The summed E-state index contributed by atoms with van der Waals surface area (Å²) in [6.45, 7) is 1.39. The average Bonchev–Trinajstić information content (AvgIpc) is 2.56. The minimum Gasteiger partial charge on any atom is -0.292 e. The first-order chi connectivity index (χ1) is 7.68. The molecule has 0 saturated carbocycles. The molecule has 0 fully saturated rings. The van der Waals surface area contributed by atoms with Gasteiger partial charge in [-0.25, -0.2) is 0 Å². The quantitative estimate of drug-likeness (QED) is 0.620. The Morgan fingerprint density at radius 1 is 1.29 bits per heavy atom. The van der Waals surface area contributed by atoms with Gasteiger partial charge in [0, 0.05) is 6.54 Å². The second-order valence-corrected chi connectivity index (χ2v) is 4.49. The van der Waals surface area contributed by atoms with Crippen LogP contribution < -0.4 is 0 Å². The number of unbranched alkanes of at least 4 members (excludes halogenated alkanes) is 1. The Bertz CT molecular complexity index is 494. The molecule has 5 nitrogen and oxygen atoms in total. The van der Waals surface area contributed by atoms with Gasteiger partial charge in [-0.3, -0.25) is 4.57 Å². The molecule has 0 atom stereocenters. The fourth-order valence-corrected chi connectivity index (χ4v) is 1.78. The summed E-state index contributed by atoms with van der Waals surface area (Å²) >= 11 is 0. The number of rotatable bonds is 4. The molecule has 0 saturated heterocycles. The summed E-state index contributed by atoms with van der Waals surface area (Å²) in [5.41, 5.74) is 0. The van der Waals surface area contributed by atoms with Crippen molar-refractivity contribution in [2.45, 2.75) is 37.6 Å². The summed E-state index contributed by atoms with van der Waals surface area (Å²) in [5.74, 6) is -1.51. The van der Waals surface area contributed by atoms with Crippen molar-refractivity contribution >= 4 is 10.2 Å². The molecule has 0 radical (unpaired) electrons. The fourth-order valence-electron chi connectivity index (χ4n) is 1.20. The van der Waals surface area contributed by atoms with Gasteiger partial charge in [0.1, 0.15) is 0 Å². The highest BCUT2D eigenvalue weighted by atomic mass is 32.3. The van der Waals surface area contributed by atoms with E-state index in [1.807, 2.05) is 0 Å². The van der Waals surface area contributed by atoms with Crippen LogP contribution in [-0.4, -0.2) is 23.2 Å². The Morgan fingerprint density at radius 2 is 1.88 bits per heavy atom. The lowest BCUT2D eigenvalue weighted by atomic mass is 10.3. The molecular formula is C7H9F4N3O2S. The van der Waals surface area contributed by atoms with Crippen LogP contribution in [0.4, 0.5) is 17.1 Å². The molecule has 0 aromatic carbocycles.